The number of ketones is 2. The van der Waals surface area contributed by atoms with Gasteiger partial charge < -0.3 is 25.4 Å². The van der Waals surface area contributed by atoms with E-state index in [0.29, 0.717) is 41.4 Å². The minimum atomic E-state index is -0.939. The highest BCUT2D eigenvalue weighted by molar-refractivity contribution is 7.80. The minimum absolute atomic E-state index is 0.000995. The van der Waals surface area contributed by atoms with E-state index in [-0.39, 0.29) is 30.3 Å². The molecule has 0 spiro atoms. The predicted octanol–water partition coefficient (Wildman–Crippen LogP) is -0.358. The molecule has 0 radical (unpaired) electrons. The van der Waals surface area contributed by atoms with Crippen molar-refractivity contribution < 1.29 is 23.9 Å². The third-order valence-corrected chi connectivity index (χ3v) is 6.90. The number of nitrogens with one attached hydrogen (secondary N) is 1. The second-order valence-electron chi connectivity index (χ2n) is 7.85. The topological polar surface area (TPSA) is 114 Å². The fourth-order valence-corrected chi connectivity index (χ4v) is 5.38. The third-order valence-electron chi connectivity index (χ3n) is 6.58. The van der Waals surface area contributed by atoms with Crippen molar-refractivity contribution in [2.45, 2.75) is 31.2 Å². The van der Waals surface area contributed by atoms with Crippen LogP contribution in [0.3, 0.4) is 0 Å². The van der Waals surface area contributed by atoms with Crippen LogP contribution in [0.1, 0.15) is 13.3 Å². The number of hydrogen-bond acceptors (Lipinski definition) is 9. The van der Waals surface area contributed by atoms with Crippen molar-refractivity contribution in [3.8, 4) is 0 Å². The van der Waals surface area contributed by atoms with E-state index in [9.17, 15) is 14.4 Å². The number of likely N-dealkylation sites (N-methyl/N-ethyl adjacent to an activating group) is 1. The number of piperazine rings is 1. The SMILES string of the molecule is CO[C@@]12[C@H](COC(N)=O)C3=C(C(=O)C(C)=C(NCCCS)C3=O)N1C[C@H]1[C@@H]2N1C. The molecule has 0 saturated carbocycles. The monoisotopic (exact) mass is 422 g/mol. The molecule has 0 aromatic carbocycles. The summed E-state index contributed by atoms with van der Waals surface area (Å²) < 4.78 is 11.1. The first-order chi connectivity index (χ1) is 13.8. The van der Waals surface area contributed by atoms with Gasteiger partial charge in [0, 0.05) is 37.4 Å². The predicted molar refractivity (Wildman–Crippen MR) is 107 cm³/mol. The Morgan fingerprint density at radius 3 is 2.72 bits per heavy atom. The first-order valence-corrected chi connectivity index (χ1v) is 10.3. The van der Waals surface area contributed by atoms with E-state index in [1.54, 1.807) is 14.0 Å². The van der Waals surface area contributed by atoms with Gasteiger partial charge in [-0.2, -0.15) is 12.6 Å². The molecule has 29 heavy (non-hydrogen) atoms. The van der Waals surface area contributed by atoms with E-state index in [0.717, 1.165) is 6.42 Å². The molecule has 2 fully saturated rings. The van der Waals surface area contributed by atoms with Crippen LogP contribution in [0.2, 0.25) is 0 Å². The first-order valence-electron chi connectivity index (χ1n) is 9.67. The van der Waals surface area contributed by atoms with E-state index in [4.69, 9.17) is 15.2 Å². The number of ether oxygens (including phenoxy) is 2. The van der Waals surface area contributed by atoms with Gasteiger partial charge in [0.1, 0.15) is 6.61 Å². The lowest BCUT2D eigenvalue weighted by Gasteiger charge is -2.40. The highest BCUT2D eigenvalue weighted by atomic mass is 32.1. The number of fused-ring (bicyclic) bond motifs is 4. The molecule has 10 heteroatoms. The summed E-state index contributed by atoms with van der Waals surface area (Å²) >= 11 is 4.19. The number of amides is 1. The van der Waals surface area contributed by atoms with Gasteiger partial charge in [0.15, 0.2) is 5.72 Å². The first kappa shape index (κ1) is 20.2. The van der Waals surface area contributed by atoms with Crippen molar-refractivity contribution >= 4 is 30.3 Å². The second kappa shape index (κ2) is 7.03. The van der Waals surface area contributed by atoms with Crippen LogP contribution in [-0.4, -0.2) is 84.9 Å². The normalized spacial score (nSPS) is 35.0. The Labute approximate surface area is 174 Å². The van der Waals surface area contributed by atoms with E-state index < -0.39 is 17.7 Å². The second-order valence-corrected chi connectivity index (χ2v) is 8.30. The molecule has 158 valence electrons. The Hall–Kier alpha value is -2.04. The van der Waals surface area contributed by atoms with Crippen molar-refractivity contribution in [3.05, 3.63) is 22.5 Å². The van der Waals surface area contributed by atoms with Crippen molar-refractivity contribution in [1.29, 1.82) is 0 Å². The third kappa shape index (κ3) is 2.65. The van der Waals surface area contributed by atoms with Crippen molar-refractivity contribution in [3.63, 3.8) is 0 Å². The van der Waals surface area contributed by atoms with Gasteiger partial charge in [-0.1, -0.05) is 0 Å². The molecule has 0 aromatic rings. The number of allylic oxidation sites excluding steroid dienone is 2. The number of hydrogen-bond donors (Lipinski definition) is 3. The lowest BCUT2D eigenvalue weighted by molar-refractivity contribution is -0.144. The Morgan fingerprint density at radius 2 is 2.10 bits per heavy atom. The molecule has 4 aliphatic rings. The fourth-order valence-electron chi connectivity index (χ4n) is 5.22. The Kier molecular flexibility index (Phi) is 4.91. The van der Waals surface area contributed by atoms with Crippen LogP contribution in [-0.2, 0) is 19.1 Å². The maximum atomic E-state index is 13.5. The van der Waals surface area contributed by atoms with Crippen LogP contribution in [0.15, 0.2) is 22.5 Å². The van der Waals surface area contributed by atoms with Gasteiger partial charge >= 0.3 is 6.09 Å². The number of methoxy groups -OCH3 is 1. The zero-order chi connectivity index (χ0) is 21.1. The van der Waals surface area contributed by atoms with Crippen LogP contribution >= 0.6 is 12.6 Å². The molecule has 1 aliphatic carbocycles. The van der Waals surface area contributed by atoms with Crippen LogP contribution in [0.25, 0.3) is 0 Å². The summed E-state index contributed by atoms with van der Waals surface area (Å²) in [7, 11) is 3.55. The van der Waals surface area contributed by atoms with Crippen molar-refractivity contribution in [1.82, 2.24) is 15.1 Å². The smallest absolute Gasteiger partial charge is 0.404 e. The maximum Gasteiger partial charge on any atom is 0.404 e. The lowest BCUT2D eigenvalue weighted by atomic mass is 9.82. The summed E-state index contributed by atoms with van der Waals surface area (Å²) in [6.07, 6.45) is -0.173. The molecule has 2 saturated heterocycles. The standard InChI is InChI=1S/C19H26N4O5S/c1-9-13(21-5-4-6-29)16(25)12-10(8-28-18(20)26)19(27-3)17-11(22(17)2)7-23(19)14(12)15(9)24/h10-11,17,21,29H,4-8H2,1-3H3,(H2,20,26)/t10-,11+,17+,19-,22?/m1/s1. The summed E-state index contributed by atoms with van der Waals surface area (Å²) in [6, 6.07) is 0.225. The van der Waals surface area contributed by atoms with Crippen molar-refractivity contribution in [2.24, 2.45) is 11.7 Å². The largest absolute Gasteiger partial charge is 0.449 e. The quantitative estimate of drug-likeness (QED) is 0.221. The van der Waals surface area contributed by atoms with E-state index in [1.165, 1.54) is 0 Å². The number of carbonyl (C=O) groups is 3. The molecule has 1 amide bonds. The molecular weight excluding hydrogens is 396 g/mol. The number of primary amides is 1. The van der Waals surface area contributed by atoms with Gasteiger partial charge in [0.05, 0.1) is 23.4 Å². The zero-order valence-electron chi connectivity index (χ0n) is 16.7. The highest BCUT2D eigenvalue weighted by Crippen LogP contribution is 2.59. The molecule has 0 aromatic heterocycles. The van der Waals surface area contributed by atoms with Gasteiger partial charge in [-0.05, 0) is 26.1 Å². The molecular formula is C19H26N4O5S. The Morgan fingerprint density at radius 1 is 1.38 bits per heavy atom. The molecule has 9 nitrogen and oxygen atoms in total. The van der Waals surface area contributed by atoms with Crippen LogP contribution in [0.4, 0.5) is 4.79 Å². The van der Waals surface area contributed by atoms with Gasteiger partial charge in [-0.3, -0.25) is 14.5 Å². The van der Waals surface area contributed by atoms with Gasteiger partial charge in [0.25, 0.3) is 0 Å². The lowest BCUT2D eigenvalue weighted by Crippen LogP contribution is -2.55. The minimum Gasteiger partial charge on any atom is -0.449 e. The molecule has 3 N–H and O–H groups in total. The van der Waals surface area contributed by atoms with Crippen LogP contribution < -0.4 is 11.1 Å². The number of nitrogens with two attached hydrogens (primary N) is 1. The van der Waals surface area contributed by atoms with E-state index in [2.05, 4.69) is 22.8 Å². The average Bonchev–Trinajstić information content (AvgIpc) is 3.07. The summed E-state index contributed by atoms with van der Waals surface area (Å²) in [6.45, 7) is 2.65. The van der Waals surface area contributed by atoms with E-state index in [1.807, 2.05) is 11.9 Å². The number of thiol groups is 1. The number of nitrogens with zero attached hydrogens (tertiary/aromatic N) is 2. The van der Waals surface area contributed by atoms with Crippen LogP contribution in [0, 0.1) is 5.92 Å². The molecule has 3 aliphatic heterocycles. The van der Waals surface area contributed by atoms with Gasteiger partial charge in [-0.15, -0.1) is 0 Å². The fraction of sp³-hybridized carbons (Fsp3) is 0.632. The molecule has 3 heterocycles. The Bertz CT molecular complexity index is 856. The average molecular weight is 423 g/mol. The van der Waals surface area contributed by atoms with Gasteiger partial charge in [-0.25, -0.2) is 4.79 Å². The number of carbonyl (C=O) groups excluding carboxylic acids is 3. The molecule has 5 atom stereocenters. The summed E-state index contributed by atoms with van der Waals surface area (Å²) in [5.74, 6) is -0.387. The van der Waals surface area contributed by atoms with Crippen LogP contribution in [0.5, 0.6) is 0 Å². The van der Waals surface area contributed by atoms with Gasteiger partial charge in [0.2, 0.25) is 11.6 Å². The molecule has 1 unspecified atom stereocenters. The summed E-state index contributed by atoms with van der Waals surface area (Å²) in [5, 5.41) is 3.10. The molecule has 4 rings (SSSR count). The summed E-state index contributed by atoms with van der Waals surface area (Å²) in [4.78, 5) is 42.2. The number of rotatable bonds is 7. The number of Topliss-reactive ketones (excluding diaryl/α,β-unsaturated/α-hetero) is 2. The van der Waals surface area contributed by atoms with E-state index >= 15 is 0 Å². The van der Waals surface area contributed by atoms with Crippen molar-refractivity contribution in [2.75, 3.05) is 39.6 Å². The Balaban J connectivity index is 1.76. The molecule has 0 bridgehead atoms. The zero-order valence-corrected chi connectivity index (χ0v) is 17.6. The summed E-state index contributed by atoms with van der Waals surface area (Å²) in [5.41, 5.74) is 5.67. The highest BCUT2D eigenvalue weighted by Gasteiger charge is 2.75. The maximum absolute atomic E-state index is 13.5.